The van der Waals surface area contributed by atoms with Crippen molar-refractivity contribution in [3.63, 3.8) is 0 Å². The number of rotatable bonds is 7. The van der Waals surface area contributed by atoms with Crippen LogP contribution in [0.4, 0.5) is 4.79 Å². The lowest BCUT2D eigenvalue weighted by Crippen LogP contribution is -2.59. The maximum atomic E-state index is 13.1. The molecule has 1 aliphatic rings. The zero-order chi connectivity index (χ0) is 24.2. The number of amides is 1. The molecule has 1 heterocycles. The Kier molecular flexibility index (Phi) is 8.81. The van der Waals surface area contributed by atoms with Crippen LogP contribution in [0.25, 0.3) is 0 Å². The molecule has 6 nitrogen and oxygen atoms in total. The normalized spacial score (nSPS) is 20.2. The second-order valence-electron chi connectivity index (χ2n) is 11.3. The van der Waals surface area contributed by atoms with E-state index in [1.807, 2.05) is 37.8 Å². The maximum absolute atomic E-state index is 13.1. The molecule has 182 valence electrons. The lowest BCUT2D eigenvalue weighted by Gasteiger charge is -2.44. The third kappa shape index (κ3) is 7.49. The highest BCUT2D eigenvalue weighted by Crippen LogP contribution is 2.37. The summed E-state index contributed by atoms with van der Waals surface area (Å²) in [5, 5.41) is 3.81. The summed E-state index contributed by atoms with van der Waals surface area (Å²) in [5.41, 5.74) is 0.662. The van der Waals surface area contributed by atoms with E-state index in [2.05, 4.69) is 51.3 Å². The van der Waals surface area contributed by atoms with Crippen LogP contribution >= 0.6 is 0 Å². The Morgan fingerprint density at radius 3 is 2.28 bits per heavy atom. The highest BCUT2D eigenvalue weighted by atomic mass is 28.4. The van der Waals surface area contributed by atoms with Gasteiger partial charge in [-0.3, -0.25) is 0 Å². The number of hydrogen-bond donors (Lipinski definition) is 1. The predicted molar refractivity (Wildman–Crippen MR) is 133 cm³/mol. The quantitative estimate of drug-likeness (QED) is 0.534. The van der Waals surface area contributed by atoms with Gasteiger partial charge < -0.3 is 24.1 Å². The standard InChI is InChI=1S/C25H44N2O4Si/c1-24(2,3)31-23(28)27-16-10-11-21(22(27)18-30-32(8,9)25(4,5)6)26-17-19-12-14-20(29-7)15-13-19/h12-15,21-22,26H,10-11,16-18H2,1-9H3. The number of nitrogens with zero attached hydrogens (tertiary/aromatic N) is 1. The van der Waals surface area contributed by atoms with Gasteiger partial charge in [0.25, 0.3) is 0 Å². The SMILES string of the molecule is COc1ccc(CNC2CCCN(C(=O)OC(C)(C)C)C2CO[Si](C)(C)C(C)(C)C)cc1. The number of ether oxygens (including phenoxy) is 2. The highest BCUT2D eigenvalue weighted by Gasteiger charge is 2.41. The minimum Gasteiger partial charge on any atom is -0.497 e. The largest absolute Gasteiger partial charge is 0.497 e. The number of benzene rings is 1. The Morgan fingerprint density at radius 1 is 1.12 bits per heavy atom. The van der Waals surface area contributed by atoms with Crippen LogP contribution in [0.2, 0.25) is 18.1 Å². The minimum absolute atomic E-state index is 0.0639. The van der Waals surface area contributed by atoms with E-state index in [0.717, 1.165) is 25.1 Å². The van der Waals surface area contributed by atoms with Crippen molar-refractivity contribution in [2.75, 3.05) is 20.3 Å². The molecular formula is C25H44N2O4Si. The molecule has 1 aromatic rings. The van der Waals surface area contributed by atoms with Crippen molar-refractivity contribution in [1.29, 1.82) is 0 Å². The van der Waals surface area contributed by atoms with E-state index in [1.165, 1.54) is 5.56 Å². The molecule has 2 unspecified atom stereocenters. The van der Waals surface area contributed by atoms with Crippen molar-refractivity contribution in [2.45, 2.75) is 96.7 Å². The van der Waals surface area contributed by atoms with E-state index in [-0.39, 0.29) is 23.2 Å². The smallest absolute Gasteiger partial charge is 0.410 e. The van der Waals surface area contributed by atoms with Crippen LogP contribution in [0.3, 0.4) is 0 Å². The van der Waals surface area contributed by atoms with Gasteiger partial charge in [-0.1, -0.05) is 32.9 Å². The molecule has 1 aromatic carbocycles. The number of methoxy groups -OCH3 is 1. The van der Waals surface area contributed by atoms with Crippen LogP contribution in [0, 0.1) is 0 Å². The number of carbonyl (C=O) groups is 1. The van der Waals surface area contributed by atoms with Gasteiger partial charge in [-0.25, -0.2) is 4.79 Å². The van der Waals surface area contributed by atoms with Crippen molar-refractivity contribution in [2.24, 2.45) is 0 Å². The molecule has 1 saturated heterocycles. The van der Waals surface area contributed by atoms with Gasteiger partial charge in [0.1, 0.15) is 11.4 Å². The first-order valence-electron chi connectivity index (χ1n) is 11.7. The fourth-order valence-corrected chi connectivity index (χ4v) is 4.57. The molecule has 0 bridgehead atoms. The Balaban J connectivity index is 2.17. The van der Waals surface area contributed by atoms with Crippen molar-refractivity contribution < 1.29 is 18.7 Å². The molecule has 0 saturated carbocycles. The number of nitrogens with one attached hydrogen (secondary N) is 1. The molecule has 0 spiro atoms. The van der Waals surface area contributed by atoms with Gasteiger partial charge in [0, 0.05) is 19.1 Å². The third-order valence-corrected chi connectivity index (χ3v) is 11.1. The summed E-state index contributed by atoms with van der Waals surface area (Å²) in [5.74, 6) is 0.850. The first-order chi connectivity index (χ1) is 14.7. The number of likely N-dealkylation sites (tertiary alicyclic amines) is 1. The average Bonchev–Trinajstić information content (AvgIpc) is 2.69. The van der Waals surface area contributed by atoms with Crippen LogP contribution in [0.5, 0.6) is 5.75 Å². The number of piperidine rings is 1. The molecule has 1 aliphatic heterocycles. The van der Waals surface area contributed by atoms with Crippen LogP contribution in [-0.2, 0) is 15.7 Å². The lowest BCUT2D eigenvalue weighted by molar-refractivity contribution is -0.00434. The molecule has 2 rings (SSSR count). The van der Waals surface area contributed by atoms with Crippen molar-refractivity contribution >= 4 is 14.4 Å². The second-order valence-corrected chi connectivity index (χ2v) is 16.1. The molecule has 0 radical (unpaired) electrons. The van der Waals surface area contributed by atoms with E-state index in [4.69, 9.17) is 13.9 Å². The first-order valence-corrected chi connectivity index (χ1v) is 14.6. The third-order valence-electron chi connectivity index (χ3n) is 6.56. The van der Waals surface area contributed by atoms with Gasteiger partial charge in [-0.2, -0.15) is 0 Å². The predicted octanol–water partition coefficient (Wildman–Crippen LogP) is 5.57. The molecular weight excluding hydrogens is 420 g/mol. The lowest BCUT2D eigenvalue weighted by atomic mass is 9.96. The topological polar surface area (TPSA) is 60.0 Å². The molecule has 2 atom stereocenters. The van der Waals surface area contributed by atoms with Crippen LogP contribution in [0.1, 0.15) is 59.9 Å². The molecule has 0 aliphatic carbocycles. The van der Waals surface area contributed by atoms with Crippen molar-refractivity contribution in [3.05, 3.63) is 29.8 Å². The van der Waals surface area contributed by atoms with Crippen LogP contribution in [0.15, 0.2) is 24.3 Å². The molecule has 7 heteroatoms. The van der Waals surface area contributed by atoms with Gasteiger partial charge in [0.2, 0.25) is 0 Å². The second kappa shape index (κ2) is 10.6. The van der Waals surface area contributed by atoms with E-state index in [0.29, 0.717) is 13.2 Å². The zero-order valence-corrected chi connectivity index (χ0v) is 22.6. The zero-order valence-electron chi connectivity index (χ0n) is 21.6. The minimum atomic E-state index is -1.95. The van der Waals surface area contributed by atoms with Gasteiger partial charge in [0.15, 0.2) is 8.32 Å². The molecule has 1 fully saturated rings. The summed E-state index contributed by atoms with van der Waals surface area (Å²) >= 11 is 0. The Labute approximate surface area is 196 Å². The fourth-order valence-electron chi connectivity index (χ4n) is 3.55. The van der Waals surface area contributed by atoms with Crippen LogP contribution in [-0.4, -0.2) is 57.3 Å². The average molecular weight is 465 g/mol. The van der Waals surface area contributed by atoms with E-state index in [1.54, 1.807) is 7.11 Å². The summed E-state index contributed by atoms with van der Waals surface area (Å²) in [7, 11) is -0.273. The van der Waals surface area contributed by atoms with Gasteiger partial charge in [0.05, 0.1) is 19.8 Å². The summed E-state index contributed by atoms with van der Waals surface area (Å²) < 4.78 is 17.6. The molecule has 1 amide bonds. The summed E-state index contributed by atoms with van der Waals surface area (Å²) in [4.78, 5) is 14.9. The fraction of sp³-hybridized carbons (Fsp3) is 0.720. The number of carbonyl (C=O) groups excluding carboxylic acids is 1. The Hall–Kier alpha value is -1.57. The first kappa shape index (κ1) is 26.7. The van der Waals surface area contributed by atoms with Crippen LogP contribution < -0.4 is 10.1 Å². The van der Waals surface area contributed by atoms with E-state index < -0.39 is 13.9 Å². The summed E-state index contributed by atoms with van der Waals surface area (Å²) in [6.07, 6.45) is 1.69. The molecule has 32 heavy (non-hydrogen) atoms. The van der Waals surface area contributed by atoms with Gasteiger partial charge in [-0.15, -0.1) is 0 Å². The Morgan fingerprint density at radius 2 is 1.75 bits per heavy atom. The van der Waals surface area contributed by atoms with Crippen molar-refractivity contribution in [1.82, 2.24) is 10.2 Å². The monoisotopic (exact) mass is 464 g/mol. The Bertz CT molecular complexity index is 738. The summed E-state index contributed by atoms with van der Waals surface area (Å²) in [6.45, 7) is 18.9. The highest BCUT2D eigenvalue weighted by molar-refractivity contribution is 6.74. The van der Waals surface area contributed by atoms with Gasteiger partial charge in [-0.05, 0) is 69.4 Å². The van der Waals surface area contributed by atoms with E-state index in [9.17, 15) is 4.79 Å². The van der Waals surface area contributed by atoms with E-state index >= 15 is 0 Å². The molecule has 1 N–H and O–H groups in total. The maximum Gasteiger partial charge on any atom is 0.410 e. The van der Waals surface area contributed by atoms with Crippen molar-refractivity contribution in [3.8, 4) is 5.75 Å². The number of hydrogen-bond acceptors (Lipinski definition) is 5. The summed E-state index contributed by atoms with van der Waals surface area (Å²) in [6, 6.07) is 8.17. The molecule has 0 aromatic heterocycles. The van der Waals surface area contributed by atoms with Gasteiger partial charge >= 0.3 is 6.09 Å².